The quantitative estimate of drug-likeness (QED) is 0.660. The molecule has 0 saturated heterocycles. The first-order chi connectivity index (χ1) is 12.4. The summed E-state index contributed by atoms with van der Waals surface area (Å²) in [6, 6.07) is 1.89. The maximum atomic E-state index is 13.0. The zero-order valence-corrected chi connectivity index (χ0v) is 15.4. The number of furan rings is 1. The Labute approximate surface area is 151 Å². The number of rotatable bonds is 5. The lowest BCUT2D eigenvalue weighted by Gasteiger charge is -2.11. The molecule has 7 heteroatoms. The van der Waals surface area contributed by atoms with Crippen LogP contribution in [0.1, 0.15) is 28.9 Å². The summed E-state index contributed by atoms with van der Waals surface area (Å²) in [6.45, 7) is 10.2. The number of allylic oxidation sites excluding steroid dienone is 1. The molecule has 1 amide bonds. The normalized spacial score (nSPS) is 11.1. The number of amides is 1. The van der Waals surface area contributed by atoms with Crippen LogP contribution < -0.4 is 5.56 Å². The first-order valence-electron chi connectivity index (χ1n) is 8.43. The molecule has 136 valence electrons. The van der Waals surface area contributed by atoms with Crippen molar-refractivity contribution in [1.82, 2.24) is 18.9 Å². The molecular weight excluding hydrogens is 332 g/mol. The summed E-state index contributed by atoms with van der Waals surface area (Å²) in [6.07, 6.45) is 5.05. The molecule has 0 bridgehead atoms. The first kappa shape index (κ1) is 17.7. The Balaban J connectivity index is 2.27. The first-order valence-corrected chi connectivity index (χ1v) is 8.43. The SMILES string of the molecule is C=CCn1c(-c2cc(C)oc2C)cn2cc(C(=O)N(C)CC)nc2c1=O. The van der Waals surface area contributed by atoms with Crippen molar-refractivity contribution in [3.63, 3.8) is 0 Å². The van der Waals surface area contributed by atoms with Crippen molar-refractivity contribution in [1.29, 1.82) is 0 Å². The van der Waals surface area contributed by atoms with E-state index in [0.29, 0.717) is 18.8 Å². The fourth-order valence-electron chi connectivity index (χ4n) is 2.93. The maximum absolute atomic E-state index is 13.0. The topological polar surface area (TPSA) is 72.8 Å². The molecule has 0 aliphatic carbocycles. The van der Waals surface area contributed by atoms with E-state index in [2.05, 4.69) is 11.6 Å². The third-order valence-electron chi connectivity index (χ3n) is 4.39. The molecule has 0 saturated carbocycles. The van der Waals surface area contributed by atoms with Crippen LogP contribution in [0, 0.1) is 13.8 Å². The molecule has 0 atom stereocenters. The molecule has 0 radical (unpaired) electrons. The van der Waals surface area contributed by atoms with E-state index in [0.717, 1.165) is 17.1 Å². The second-order valence-electron chi connectivity index (χ2n) is 6.22. The van der Waals surface area contributed by atoms with Gasteiger partial charge in [0.1, 0.15) is 17.2 Å². The molecule has 3 heterocycles. The highest BCUT2D eigenvalue weighted by molar-refractivity contribution is 5.92. The van der Waals surface area contributed by atoms with Crippen LogP contribution in [0.25, 0.3) is 16.9 Å². The van der Waals surface area contributed by atoms with Gasteiger partial charge in [-0.2, -0.15) is 0 Å². The Bertz CT molecular complexity index is 1050. The molecule has 0 unspecified atom stereocenters. The monoisotopic (exact) mass is 354 g/mol. The van der Waals surface area contributed by atoms with Crippen LogP contribution in [0.3, 0.4) is 0 Å². The number of hydrogen-bond donors (Lipinski definition) is 0. The van der Waals surface area contributed by atoms with Crippen molar-refractivity contribution in [3.05, 3.63) is 58.7 Å². The van der Waals surface area contributed by atoms with Gasteiger partial charge in [-0.15, -0.1) is 6.58 Å². The molecule has 26 heavy (non-hydrogen) atoms. The molecule has 0 aliphatic heterocycles. The highest BCUT2D eigenvalue weighted by Gasteiger charge is 2.20. The highest BCUT2D eigenvalue weighted by atomic mass is 16.3. The highest BCUT2D eigenvalue weighted by Crippen LogP contribution is 2.26. The van der Waals surface area contributed by atoms with Gasteiger partial charge in [-0.3, -0.25) is 18.6 Å². The summed E-state index contributed by atoms with van der Waals surface area (Å²) in [4.78, 5) is 31.2. The second-order valence-corrected chi connectivity index (χ2v) is 6.22. The van der Waals surface area contributed by atoms with Crippen molar-refractivity contribution in [3.8, 4) is 11.3 Å². The third kappa shape index (κ3) is 2.85. The maximum Gasteiger partial charge on any atom is 0.295 e. The Kier molecular flexibility index (Phi) is 4.54. The summed E-state index contributed by atoms with van der Waals surface area (Å²) >= 11 is 0. The van der Waals surface area contributed by atoms with Gasteiger partial charge >= 0.3 is 0 Å². The van der Waals surface area contributed by atoms with E-state index in [9.17, 15) is 9.59 Å². The van der Waals surface area contributed by atoms with E-state index in [4.69, 9.17) is 4.42 Å². The summed E-state index contributed by atoms with van der Waals surface area (Å²) in [5.41, 5.74) is 1.70. The zero-order chi connectivity index (χ0) is 19.0. The Hall–Kier alpha value is -3.09. The lowest BCUT2D eigenvalue weighted by molar-refractivity contribution is 0.0797. The van der Waals surface area contributed by atoms with E-state index < -0.39 is 0 Å². The predicted octanol–water partition coefficient (Wildman–Crippen LogP) is 2.65. The third-order valence-corrected chi connectivity index (χ3v) is 4.39. The van der Waals surface area contributed by atoms with Crippen LogP contribution in [0.5, 0.6) is 0 Å². The minimum atomic E-state index is -0.279. The van der Waals surface area contributed by atoms with Crippen LogP contribution in [-0.2, 0) is 6.54 Å². The standard InChI is InChI=1S/C19H22N4O3/c1-6-8-23-16(14-9-12(3)26-13(14)4)11-22-10-15(18(24)21(5)7-2)20-17(22)19(23)25/h6,9-11H,1,7-8H2,2-5H3. The van der Waals surface area contributed by atoms with Gasteiger partial charge in [0, 0.05) is 38.1 Å². The number of imidazole rings is 1. The molecule has 3 aromatic rings. The van der Waals surface area contributed by atoms with Crippen LogP contribution >= 0.6 is 0 Å². The van der Waals surface area contributed by atoms with E-state index in [1.54, 1.807) is 39.4 Å². The molecule has 0 aliphatic rings. The molecule has 3 rings (SSSR count). The number of aromatic nitrogens is 3. The molecule has 0 aromatic carbocycles. The largest absolute Gasteiger partial charge is 0.466 e. The fourth-order valence-corrected chi connectivity index (χ4v) is 2.93. The van der Waals surface area contributed by atoms with Gasteiger partial charge in [-0.05, 0) is 26.8 Å². The van der Waals surface area contributed by atoms with Crippen LogP contribution in [-0.4, -0.2) is 38.4 Å². The molecule has 0 spiro atoms. The summed E-state index contributed by atoms with van der Waals surface area (Å²) in [5, 5.41) is 0. The number of aryl methyl sites for hydroxylation is 2. The van der Waals surface area contributed by atoms with E-state index in [1.807, 2.05) is 26.8 Å². The Morgan fingerprint density at radius 1 is 1.38 bits per heavy atom. The molecule has 3 aromatic heterocycles. The van der Waals surface area contributed by atoms with Crippen molar-refractivity contribution in [2.45, 2.75) is 27.3 Å². The van der Waals surface area contributed by atoms with Gasteiger partial charge in [-0.1, -0.05) is 6.08 Å². The van der Waals surface area contributed by atoms with Crippen molar-refractivity contribution >= 4 is 11.6 Å². The van der Waals surface area contributed by atoms with Gasteiger partial charge in [-0.25, -0.2) is 4.98 Å². The summed E-state index contributed by atoms with van der Waals surface area (Å²) < 4.78 is 8.81. The zero-order valence-electron chi connectivity index (χ0n) is 15.4. The van der Waals surface area contributed by atoms with Gasteiger partial charge in [0.25, 0.3) is 11.5 Å². The van der Waals surface area contributed by atoms with Crippen molar-refractivity contribution < 1.29 is 9.21 Å². The second kappa shape index (κ2) is 6.67. The van der Waals surface area contributed by atoms with E-state index >= 15 is 0 Å². The Morgan fingerprint density at radius 3 is 2.69 bits per heavy atom. The lowest BCUT2D eigenvalue weighted by Crippen LogP contribution is -2.26. The summed E-state index contributed by atoms with van der Waals surface area (Å²) in [7, 11) is 1.70. The van der Waals surface area contributed by atoms with E-state index in [1.165, 1.54) is 0 Å². The molecular formula is C19H22N4O3. The number of carbonyl (C=O) groups excluding carboxylic acids is 1. The average molecular weight is 354 g/mol. The molecule has 0 fully saturated rings. The number of hydrogen-bond acceptors (Lipinski definition) is 4. The van der Waals surface area contributed by atoms with Crippen molar-refractivity contribution in [2.24, 2.45) is 0 Å². The van der Waals surface area contributed by atoms with Gasteiger partial charge < -0.3 is 9.32 Å². The van der Waals surface area contributed by atoms with E-state index in [-0.39, 0.29) is 22.8 Å². The van der Waals surface area contributed by atoms with Crippen LogP contribution in [0.15, 0.2) is 40.3 Å². The fraction of sp³-hybridized carbons (Fsp3) is 0.316. The summed E-state index contributed by atoms with van der Waals surface area (Å²) in [5.74, 6) is 1.27. The average Bonchev–Trinajstić information content (AvgIpc) is 3.18. The number of fused-ring (bicyclic) bond motifs is 1. The van der Waals surface area contributed by atoms with Crippen molar-refractivity contribution in [2.75, 3.05) is 13.6 Å². The van der Waals surface area contributed by atoms with Gasteiger partial charge in [0.2, 0.25) is 5.65 Å². The molecule has 7 nitrogen and oxygen atoms in total. The minimum absolute atomic E-state index is 0.210. The smallest absolute Gasteiger partial charge is 0.295 e. The van der Waals surface area contributed by atoms with Gasteiger partial charge in [0.15, 0.2) is 0 Å². The molecule has 0 N–H and O–H groups in total. The van der Waals surface area contributed by atoms with Crippen LogP contribution in [0.2, 0.25) is 0 Å². The van der Waals surface area contributed by atoms with Gasteiger partial charge in [0.05, 0.1) is 5.69 Å². The lowest BCUT2D eigenvalue weighted by atomic mass is 10.2. The predicted molar refractivity (Wildman–Crippen MR) is 99.5 cm³/mol. The van der Waals surface area contributed by atoms with Crippen LogP contribution in [0.4, 0.5) is 0 Å². The number of carbonyl (C=O) groups is 1. The number of nitrogens with zero attached hydrogens (tertiary/aromatic N) is 4. The Morgan fingerprint density at radius 2 is 2.12 bits per heavy atom. The minimum Gasteiger partial charge on any atom is -0.466 e.